The maximum absolute atomic E-state index is 11.8. The van der Waals surface area contributed by atoms with Crippen LogP contribution in [0.1, 0.15) is 16.1 Å². The molecule has 6 nitrogen and oxygen atoms in total. The predicted octanol–water partition coefficient (Wildman–Crippen LogP) is 1.02. The topological polar surface area (TPSA) is 85.0 Å². The Bertz CT molecular complexity index is 605. The molecule has 1 amide bonds. The van der Waals surface area contributed by atoms with Crippen molar-refractivity contribution in [3.63, 3.8) is 0 Å². The lowest BCUT2D eigenvalue weighted by molar-refractivity contribution is 0.0964. The molecule has 0 aliphatic heterocycles. The van der Waals surface area contributed by atoms with Crippen molar-refractivity contribution < 1.29 is 4.79 Å². The fourth-order valence-corrected chi connectivity index (χ4v) is 1.96. The average Bonchev–Trinajstić information content (AvgIpc) is 2.84. The molecular formula is C14H19N5O. The van der Waals surface area contributed by atoms with Crippen LogP contribution in [0.3, 0.4) is 0 Å². The third-order valence-electron chi connectivity index (χ3n) is 2.98. The van der Waals surface area contributed by atoms with Crippen molar-refractivity contribution >= 4 is 17.3 Å². The highest BCUT2D eigenvalue weighted by Gasteiger charge is 2.10. The number of carbonyl (C=O) groups is 1. The molecule has 1 aromatic heterocycles. The number of hydrogen-bond acceptors (Lipinski definition) is 4. The van der Waals surface area contributed by atoms with Crippen molar-refractivity contribution in [1.29, 1.82) is 0 Å². The van der Waals surface area contributed by atoms with Crippen LogP contribution in [0.15, 0.2) is 30.5 Å². The van der Waals surface area contributed by atoms with Gasteiger partial charge in [-0.1, -0.05) is 0 Å². The van der Waals surface area contributed by atoms with Crippen LogP contribution in [0.5, 0.6) is 0 Å². The van der Waals surface area contributed by atoms with Crippen LogP contribution < -0.4 is 16.4 Å². The van der Waals surface area contributed by atoms with E-state index in [0.29, 0.717) is 17.8 Å². The fourth-order valence-electron chi connectivity index (χ4n) is 1.96. The van der Waals surface area contributed by atoms with Gasteiger partial charge in [0, 0.05) is 44.6 Å². The molecule has 6 heteroatoms. The molecule has 1 heterocycles. The highest BCUT2D eigenvalue weighted by molar-refractivity contribution is 6.00. The fraction of sp³-hybridized carbons (Fsp3) is 0.286. The maximum Gasteiger partial charge on any atom is 0.253 e. The summed E-state index contributed by atoms with van der Waals surface area (Å²) in [5, 5.41) is 10.2. The zero-order valence-corrected chi connectivity index (χ0v) is 11.7. The maximum atomic E-state index is 11.8. The number of amides is 1. The minimum absolute atomic E-state index is 0.134. The molecule has 0 bridgehead atoms. The van der Waals surface area contributed by atoms with Crippen LogP contribution in [0.4, 0.5) is 11.4 Å². The van der Waals surface area contributed by atoms with Gasteiger partial charge in [-0.2, -0.15) is 5.10 Å². The number of aromatic nitrogens is 2. The van der Waals surface area contributed by atoms with E-state index in [-0.39, 0.29) is 5.91 Å². The zero-order chi connectivity index (χ0) is 14.5. The van der Waals surface area contributed by atoms with Gasteiger partial charge in [-0.25, -0.2) is 0 Å². The van der Waals surface area contributed by atoms with E-state index in [2.05, 4.69) is 15.7 Å². The Balaban J connectivity index is 2.04. The van der Waals surface area contributed by atoms with Crippen molar-refractivity contribution in [3.8, 4) is 0 Å². The van der Waals surface area contributed by atoms with Gasteiger partial charge in [0.15, 0.2) is 0 Å². The Morgan fingerprint density at radius 3 is 2.85 bits per heavy atom. The molecule has 0 unspecified atom stereocenters. The zero-order valence-electron chi connectivity index (χ0n) is 11.7. The van der Waals surface area contributed by atoms with Gasteiger partial charge in [0.05, 0.1) is 11.3 Å². The summed E-state index contributed by atoms with van der Waals surface area (Å²) in [7, 11) is 3.49. The average molecular weight is 273 g/mol. The highest BCUT2D eigenvalue weighted by atomic mass is 16.1. The van der Waals surface area contributed by atoms with Crippen LogP contribution in [0, 0.1) is 0 Å². The number of aryl methyl sites for hydroxylation is 1. The molecule has 4 N–H and O–H groups in total. The van der Waals surface area contributed by atoms with Gasteiger partial charge in [-0.3, -0.25) is 9.48 Å². The summed E-state index contributed by atoms with van der Waals surface area (Å²) in [6.45, 7) is 0.685. The smallest absolute Gasteiger partial charge is 0.253 e. The Morgan fingerprint density at radius 1 is 1.40 bits per heavy atom. The summed E-state index contributed by atoms with van der Waals surface area (Å²) in [4.78, 5) is 11.8. The summed E-state index contributed by atoms with van der Waals surface area (Å²) < 4.78 is 1.77. The first-order valence-corrected chi connectivity index (χ1v) is 6.44. The van der Waals surface area contributed by atoms with Gasteiger partial charge < -0.3 is 16.4 Å². The molecule has 0 aliphatic rings. The van der Waals surface area contributed by atoms with Gasteiger partial charge in [-0.05, 0) is 24.3 Å². The van der Waals surface area contributed by atoms with Crippen molar-refractivity contribution in [3.05, 3.63) is 41.7 Å². The lowest BCUT2D eigenvalue weighted by Gasteiger charge is -2.11. The van der Waals surface area contributed by atoms with Crippen LogP contribution in [-0.4, -0.2) is 29.3 Å². The molecule has 1 aromatic carbocycles. The van der Waals surface area contributed by atoms with E-state index in [0.717, 1.165) is 17.8 Å². The quantitative estimate of drug-likeness (QED) is 0.710. The number of carbonyl (C=O) groups excluding carboxylic acids is 1. The molecule has 106 valence electrons. The molecule has 20 heavy (non-hydrogen) atoms. The summed E-state index contributed by atoms with van der Waals surface area (Å²) in [6, 6.07) is 7.18. The van der Waals surface area contributed by atoms with E-state index in [4.69, 9.17) is 5.73 Å². The molecule has 0 radical (unpaired) electrons. The van der Waals surface area contributed by atoms with E-state index in [1.165, 1.54) is 0 Å². The van der Waals surface area contributed by atoms with Crippen molar-refractivity contribution in [1.82, 2.24) is 15.1 Å². The standard InChI is InChI=1S/C14H19N5O/c1-16-14(20)12-4-3-10(15)9-13(12)17-7-5-11-6-8-19(2)18-11/h3-4,6,8-9,17H,5,7,15H2,1-2H3,(H,16,20). The van der Waals surface area contributed by atoms with E-state index in [1.54, 1.807) is 29.9 Å². The van der Waals surface area contributed by atoms with E-state index >= 15 is 0 Å². The third-order valence-corrected chi connectivity index (χ3v) is 2.98. The Hall–Kier alpha value is -2.50. The normalized spacial score (nSPS) is 10.3. The second-order valence-electron chi connectivity index (χ2n) is 4.54. The number of benzene rings is 1. The third kappa shape index (κ3) is 3.28. The highest BCUT2D eigenvalue weighted by Crippen LogP contribution is 2.19. The van der Waals surface area contributed by atoms with E-state index in [9.17, 15) is 4.79 Å². The first kappa shape index (κ1) is 13.9. The largest absolute Gasteiger partial charge is 0.399 e. The van der Waals surface area contributed by atoms with Crippen LogP contribution in [0.25, 0.3) is 0 Å². The molecule has 2 aromatic rings. The molecule has 2 rings (SSSR count). The van der Waals surface area contributed by atoms with Gasteiger partial charge >= 0.3 is 0 Å². The summed E-state index contributed by atoms with van der Waals surface area (Å²) in [5.41, 5.74) is 8.72. The van der Waals surface area contributed by atoms with Crippen molar-refractivity contribution in [2.45, 2.75) is 6.42 Å². The van der Waals surface area contributed by atoms with E-state index < -0.39 is 0 Å². The Labute approximate surface area is 118 Å². The minimum atomic E-state index is -0.134. The second kappa shape index (κ2) is 6.10. The van der Waals surface area contributed by atoms with Gasteiger partial charge in [0.25, 0.3) is 5.91 Å². The Kier molecular flexibility index (Phi) is 4.24. The Morgan fingerprint density at radius 2 is 2.20 bits per heavy atom. The summed E-state index contributed by atoms with van der Waals surface area (Å²) in [5.74, 6) is -0.134. The minimum Gasteiger partial charge on any atom is -0.399 e. The number of nitrogens with one attached hydrogen (secondary N) is 2. The van der Waals surface area contributed by atoms with E-state index in [1.807, 2.05) is 19.3 Å². The van der Waals surface area contributed by atoms with Crippen molar-refractivity contribution in [2.24, 2.45) is 7.05 Å². The van der Waals surface area contributed by atoms with Crippen LogP contribution >= 0.6 is 0 Å². The molecule has 0 saturated carbocycles. The molecular weight excluding hydrogens is 254 g/mol. The van der Waals surface area contributed by atoms with Gasteiger partial charge in [0.1, 0.15) is 0 Å². The van der Waals surface area contributed by atoms with Crippen LogP contribution in [-0.2, 0) is 13.5 Å². The summed E-state index contributed by atoms with van der Waals surface area (Å²) in [6.07, 6.45) is 2.69. The molecule has 0 saturated heterocycles. The number of nitrogen functional groups attached to an aromatic ring is 1. The molecule has 0 fully saturated rings. The number of hydrogen-bond donors (Lipinski definition) is 3. The predicted molar refractivity (Wildman–Crippen MR) is 79.6 cm³/mol. The van der Waals surface area contributed by atoms with Crippen molar-refractivity contribution in [2.75, 3.05) is 24.6 Å². The van der Waals surface area contributed by atoms with Gasteiger partial charge in [0.2, 0.25) is 0 Å². The summed E-state index contributed by atoms with van der Waals surface area (Å²) >= 11 is 0. The molecule has 0 aliphatic carbocycles. The second-order valence-corrected chi connectivity index (χ2v) is 4.54. The lowest BCUT2D eigenvalue weighted by atomic mass is 10.1. The number of rotatable bonds is 5. The monoisotopic (exact) mass is 273 g/mol. The SMILES string of the molecule is CNC(=O)c1ccc(N)cc1NCCc1ccn(C)n1. The van der Waals surface area contributed by atoms with Gasteiger partial charge in [-0.15, -0.1) is 0 Å². The molecule has 0 spiro atoms. The number of nitrogens with two attached hydrogens (primary N) is 1. The van der Waals surface area contributed by atoms with Crippen LogP contribution in [0.2, 0.25) is 0 Å². The molecule has 0 atom stereocenters. The lowest BCUT2D eigenvalue weighted by Crippen LogP contribution is -2.20. The first-order chi connectivity index (χ1) is 9.60. The first-order valence-electron chi connectivity index (χ1n) is 6.44. The number of anilines is 2. The number of nitrogens with zero attached hydrogens (tertiary/aromatic N) is 2.